The molecular weight excluding hydrogens is 296 g/mol. The first-order chi connectivity index (χ1) is 11.7. The van der Waals surface area contributed by atoms with E-state index >= 15 is 0 Å². The maximum atomic E-state index is 9.21. The Bertz CT molecular complexity index is 1210. The van der Waals surface area contributed by atoms with E-state index in [4.69, 9.17) is 4.74 Å². The second kappa shape index (κ2) is 5.26. The van der Waals surface area contributed by atoms with Crippen molar-refractivity contribution in [2.24, 2.45) is 0 Å². The van der Waals surface area contributed by atoms with Gasteiger partial charge >= 0.3 is 0 Å². The molecule has 0 heterocycles. The molecule has 0 aliphatic carbocycles. The first kappa shape index (κ1) is 14.1. The molecule has 0 aliphatic rings. The molecule has 3 nitrogen and oxygen atoms in total. The predicted octanol–water partition coefficient (Wildman–Crippen LogP) is 4.90. The van der Waals surface area contributed by atoms with Gasteiger partial charge in [-0.3, -0.25) is 0 Å². The van der Waals surface area contributed by atoms with Crippen molar-refractivity contribution in [2.75, 3.05) is 7.11 Å². The number of hydrogen-bond acceptors (Lipinski definition) is 3. The number of benzene rings is 4. The maximum absolute atomic E-state index is 9.21. The fourth-order valence-electron chi connectivity index (χ4n) is 3.09. The van der Waals surface area contributed by atoms with Gasteiger partial charge in [0.1, 0.15) is 17.9 Å². The van der Waals surface area contributed by atoms with Gasteiger partial charge < -0.3 is 4.74 Å². The summed E-state index contributed by atoms with van der Waals surface area (Å²) in [5.41, 5.74) is 0.821. The molecule has 0 spiro atoms. The maximum Gasteiger partial charge on any atom is 0.119 e. The van der Waals surface area contributed by atoms with Crippen LogP contribution in [0.3, 0.4) is 0 Å². The number of hydrogen-bond donors (Lipinski definition) is 0. The van der Waals surface area contributed by atoms with Crippen LogP contribution < -0.4 is 4.74 Å². The molecule has 0 bridgehead atoms. The minimum absolute atomic E-state index is 0.409. The third-order valence-electron chi connectivity index (χ3n) is 4.34. The Morgan fingerprint density at radius 2 is 1.08 bits per heavy atom. The zero-order valence-electron chi connectivity index (χ0n) is 13.0. The first-order valence-electron chi connectivity index (χ1n) is 7.51. The summed E-state index contributed by atoms with van der Waals surface area (Å²) in [6, 6.07) is 22.1. The molecule has 0 aromatic heterocycles. The third kappa shape index (κ3) is 2.12. The topological polar surface area (TPSA) is 56.8 Å². The normalized spacial score (nSPS) is 10.6. The van der Waals surface area contributed by atoms with Gasteiger partial charge in [-0.15, -0.1) is 0 Å². The number of nitriles is 2. The van der Waals surface area contributed by atoms with Gasteiger partial charge in [0.2, 0.25) is 0 Å². The summed E-state index contributed by atoms with van der Waals surface area (Å²) in [5.74, 6) is 0.827. The lowest BCUT2D eigenvalue weighted by atomic mass is 9.97. The monoisotopic (exact) mass is 308 g/mol. The van der Waals surface area contributed by atoms with Gasteiger partial charge in [0, 0.05) is 0 Å². The summed E-state index contributed by atoms with van der Waals surface area (Å²) < 4.78 is 5.29. The number of nitrogens with zero attached hydrogens (tertiary/aromatic N) is 2. The summed E-state index contributed by atoms with van der Waals surface area (Å²) in [5, 5.41) is 24.8. The predicted molar refractivity (Wildman–Crippen MR) is 94.9 cm³/mol. The van der Waals surface area contributed by atoms with E-state index in [0.717, 1.165) is 38.1 Å². The molecule has 0 N–H and O–H groups in total. The van der Waals surface area contributed by atoms with Gasteiger partial charge in [0.05, 0.1) is 18.2 Å². The Morgan fingerprint density at radius 1 is 0.625 bits per heavy atom. The van der Waals surface area contributed by atoms with E-state index in [1.54, 1.807) is 19.2 Å². The molecule has 0 saturated heterocycles. The second-order valence-corrected chi connectivity index (χ2v) is 5.73. The van der Waals surface area contributed by atoms with Gasteiger partial charge in [-0.25, -0.2) is 0 Å². The zero-order chi connectivity index (χ0) is 16.7. The van der Waals surface area contributed by atoms with Crippen molar-refractivity contribution in [1.82, 2.24) is 0 Å². The van der Waals surface area contributed by atoms with Crippen molar-refractivity contribution >= 4 is 32.3 Å². The Morgan fingerprint density at radius 3 is 1.58 bits per heavy atom. The molecule has 0 fully saturated rings. The average molecular weight is 308 g/mol. The Balaban J connectivity index is 2.06. The van der Waals surface area contributed by atoms with Crippen LogP contribution in [0, 0.1) is 22.7 Å². The molecule has 24 heavy (non-hydrogen) atoms. The van der Waals surface area contributed by atoms with Crippen molar-refractivity contribution in [3.05, 3.63) is 65.7 Å². The highest BCUT2D eigenvalue weighted by atomic mass is 16.5. The zero-order valence-corrected chi connectivity index (χ0v) is 13.0. The average Bonchev–Trinajstić information content (AvgIpc) is 2.62. The number of methoxy groups -OCH3 is 1. The van der Waals surface area contributed by atoms with Crippen LogP contribution in [0.15, 0.2) is 54.6 Å². The number of rotatable bonds is 1. The minimum Gasteiger partial charge on any atom is -0.497 e. The highest BCUT2D eigenvalue weighted by Gasteiger charge is 2.07. The molecule has 0 aliphatic heterocycles. The van der Waals surface area contributed by atoms with E-state index < -0.39 is 0 Å². The lowest BCUT2D eigenvalue weighted by Gasteiger charge is -2.07. The van der Waals surface area contributed by atoms with Gasteiger partial charge in [0.25, 0.3) is 0 Å². The lowest BCUT2D eigenvalue weighted by molar-refractivity contribution is 0.415. The van der Waals surface area contributed by atoms with Crippen LogP contribution in [-0.4, -0.2) is 7.11 Å². The molecule has 0 radical (unpaired) electrons. The summed E-state index contributed by atoms with van der Waals surface area (Å²) in [6.45, 7) is 0. The number of ether oxygens (including phenoxy) is 1. The highest BCUT2D eigenvalue weighted by Crippen LogP contribution is 2.30. The third-order valence-corrected chi connectivity index (χ3v) is 4.34. The van der Waals surface area contributed by atoms with Crippen molar-refractivity contribution in [2.45, 2.75) is 0 Å². The van der Waals surface area contributed by atoms with E-state index in [9.17, 15) is 10.5 Å². The first-order valence-corrected chi connectivity index (χ1v) is 7.51. The van der Waals surface area contributed by atoms with Crippen molar-refractivity contribution in [3.63, 3.8) is 0 Å². The van der Waals surface area contributed by atoms with E-state index in [1.165, 1.54) is 0 Å². The fraction of sp³-hybridized carbons (Fsp3) is 0.0476. The van der Waals surface area contributed by atoms with Gasteiger partial charge in [-0.1, -0.05) is 6.07 Å². The molecule has 0 saturated carbocycles. The highest BCUT2D eigenvalue weighted by molar-refractivity contribution is 6.05. The standard InChI is InChI=1S/C21H12N2O/c1-24-21-3-2-13-4-14-5-16-8-19(11-22)20(12-23)9-17(16)6-15(14)7-18(13)10-21/h2-10H,1H3. The summed E-state index contributed by atoms with van der Waals surface area (Å²) in [7, 11) is 1.66. The van der Waals surface area contributed by atoms with Crippen LogP contribution in [0.4, 0.5) is 0 Å². The molecule has 0 unspecified atom stereocenters. The molecule has 4 rings (SSSR count). The van der Waals surface area contributed by atoms with Crippen LogP contribution in [-0.2, 0) is 0 Å². The molecule has 4 aromatic rings. The molecule has 112 valence electrons. The molecule has 0 atom stereocenters. The van der Waals surface area contributed by atoms with Crippen LogP contribution >= 0.6 is 0 Å². The van der Waals surface area contributed by atoms with Gasteiger partial charge in [-0.05, 0) is 80.8 Å². The molecule has 0 amide bonds. The van der Waals surface area contributed by atoms with Crippen LogP contribution in [0.1, 0.15) is 11.1 Å². The Kier molecular flexibility index (Phi) is 3.08. The lowest BCUT2D eigenvalue weighted by Crippen LogP contribution is -1.86. The van der Waals surface area contributed by atoms with E-state index in [-0.39, 0.29) is 0 Å². The van der Waals surface area contributed by atoms with Crippen LogP contribution in [0.2, 0.25) is 0 Å². The summed E-state index contributed by atoms with van der Waals surface area (Å²) in [4.78, 5) is 0. The summed E-state index contributed by atoms with van der Waals surface area (Å²) >= 11 is 0. The quantitative estimate of drug-likeness (QED) is 0.470. The molecule has 3 heteroatoms. The van der Waals surface area contributed by atoms with Crippen molar-refractivity contribution in [1.29, 1.82) is 10.5 Å². The molecule has 4 aromatic carbocycles. The number of fused-ring (bicyclic) bond motifs is 3. The van der Waals surface area contributed by atoms with Crippen molar-refractivity contribution in [3.8, 4) is 17.9 Å². The van der Waals surface area contributed by atoms with Crippen LogP contribution in [0.25, 0.3) is 32.3 Å². The fourth-order valence-corrected chi connectivity index (χ4v) is 3.09. The van der Waals surface area contributed by atoms with Gasteiger partial charge in [0.15, 0.2) is 0 Å². The van der Waals surface area contributed by atoms with Crippen molar-refractivity contribution < 1.29 is 4.74 Å². The second-order valence-electron chi connectivity index (χ2n) is 5.73. The van der Waals surface area contributed by atoms with Crippen LogP contribution in [0.5, 0.6) is 5.75 Å². The SMILES string of the molecule is COc1ccc2cc3cc4cc(C#N)c(C#N)cc4cc3cc2c1. The summed E-state index contributed by atoms with van der Waals surface area (Å²) in [6.07, 6.45) is 0. The largest absolute Gasteiger partial charge is 0.497 e. The van der Waals surface area contributed by atoms with E-state index in [2.05, 4.69) is 36.4 Å². The van der Waals surface area contributed by atoms with E-state index in [1.807, 2.05) is 18.2 Å². The van der Waals surface area contributed by atoms with Gasteiger partial charge in [-0.2, -0.15) is 10.5 Å². The Hall–Kier alpha value is -3.56. The minimum atomic E-state index is 0.409. The molecular formula is C21H12N2O. The smallest absolute Gasteiger partial charge is 0.119 e. The van der Waals surface area contributed by atoms with E-state index in [0.29, 0.717) is 11.1 Å². The Labute approximate surface area is 138 Å².